The van der Waals surface area contributed by atoms with E-state index in [0.29, 0.717) is 5.54 Å². The molecule has 1 saturated heterocycles. The van der Waals surface area contributed by atoms with Crippen LogP contribution in [-0.2, 0) is 6.42 Å². The van der Waals surface area contributed by atoms with E-state index in [1.54, 1.807) is 0 Å². The van der Waals surface area contributed by atoms with E-state index in [1.807, 2.05) is 22.7 Å². The molecule has 1 unspecified atom stereocenters. The summed E-state index contributed by atoms with van der Waals surface area (Å²) >= 11 is 3.72. The summed E-state index contributed by atoms with van der Waals surface area (Å²) in [5.41, 5.74) is 1.72. The van der Waals surface area contributed by atoms with E-state index in [4.69, 9.17) is 0 Å². The number of hydrogen-bond donors (Lipinski definition) is 1. The van der Waals surface area contributed by atoms with Crippen LogP contribution in [0.25, 0.3) is 10.4 Å². The zero-order chi connectivity index (χ0) is 11.7. The number of nitrogens with one attached hydrogen (secondary N) is 1. The summed E-state index contributed by atoms with van der Waals surface area (Å²) in [5, 5.41) is 8.07. The molecule has 0 radical (unpaired) electrons. The average Bonchev–Trinajstić information content (AvgIpc) is 2.98. The maximum Gasteiger partial charge on any atom is 0.0351 e. The second kappa shape index (κ2) is 4.56. The van der Waals surface area contributed by atoms with Gasteiger partial charge in [0.2, 0.25) is 0 Å². The van der Waals surface area contributed by atoms with E-state index in [-0.39, 0.29) is 0 Å². The molecule has 3 heterocycles. The van der Waals surface area contributed by atoms with E-state index >= 15 is 0 Å². The predicted molar refractivity (Wildman–Crippen MR) is 77.0 cm³/mol. The van der Waals surface area contributed by atoms with Crippen molar-refractivity contribution in [3.05, 3.63) is 33.8 Å². The van der Waals surface area contributed by atoms with Crippen molar-refractivity contribution in [3.8, 4) is 10.4 Å². The Hall–Kier alpha value is -0.640. The second-order valence-electron chi connectivity index (χ2n) is 5.05. The molecule has 0 bridgehead atoms. The summed E-state index contributed by atoms with van der Waals surface area (Å²) in [4.78, 5) is 2.89. The highest BCUT2D eigenvalue weighted by Gasteiger charge is 2.28. The first-order valence-electron chi connectivity index (χ1n) is 6.12. The lowest BCUT2D eigenvalue weighted by molar-refractivity contribution is 0.415. The molecule has 1 aliphatic heterocycles. The Morgan fingerprint density at radius 1 is 1.41 bits per heavy atom. The van der Waals surface area contributed by atoms with Crippen molar-refractivity contribution in [3.63, 3.8) is 0 Å². The van der Waals surface area contributed by atoms with Gasteiger partial charge in [0.1, 0.15) is 0 Å². The van der Waals surface area contributed by atoms with Crippen LogP contribution in [0.3, 0.4) is 0 Å². The third-order valence-electron chi connectivity index (χ3n) is 3.48. The quantitative estimate of drug-likeness (QED) is 0.876. The molecule has 0 aliphatic carbocycles. The second-order valence-corrected chi connectivity index (χ2v) is 6.99. The van der Waals surface area contributed by atoms with Crippen molar-refractivity contribution >= 4 is 22.7 Å². The Morgan fingerprint density at radius 3 is 3.06 bits per heavy atom. The summed E-state index contributed by atoms with van der Waals surface area (Å²) in [6.45, 7) is 3.53. The van der Waals surface area contributed by atoms with Gasteiger partial charge in [-0.3, -0.25) is 0 Å². The topological polar surface area (TPSA) is 12.0 Å². The number of thiophene rings is 2. The molecule has 1 N–H and O–H groups in total. The first-order valence-corrected chi connectivity index (χ1v) is 7.87. The van der Waals surface area contributed by atoms with Crippen LogP contribution >= 0.6 is 22.7 Å². The number of hydrogen-bond acceptors (Lipinski definition) is 3. The van der Waals surface area contributed by atoms with Gasteiger partial charge in [0.05, 0.1) is 0 Å². The molecule has 1 atom stereocenters. The van der Waals surface area contributed by atoms with E-state index in [9.17, 15) is 0 Å². The summed E-state index contributed by atoms with van der Waals surface area (Å²) < 4.78 is 0. The normalized spacial score (nSPS) is 24.3. The summed E-state index contributed by atoms with van der Waals surface area (Å²) in [6.07, 6.45) is 3.79. The molecule has 17 heavy (non-hydrogen) atoms. The molecular formula is C14H17NS2. The van der Waals surface area contributed by atoms with Gasteiger partial charge in [0.15, 0.2) is 0 Å². The zero-order valence-corrected chi connectivity index (χ0v) is 11.7. The van der Waals surface area contributed by atoms with Crippen LogP contribution in [0.15, 0.2) is 29.0 Å². The fraction of sp³-hybridized carbons (Fsp3) is 0.429. The first kappa shape index (κ1) is 11.5. The van der Waals surface area contributed by atoms with Gasteiger partial charge >= 0.3 is 0 Å². The standard InChI is InChI=1S/C14H17NS2/c1-14(5-3-6-15-14)9-12-8-11(10-17-12)13-4-2-7-16-13/h2,4,7-8,10,15H,3,5-6,9H2,1H3. The van der Waals surface area contributed by atoms with Crippen molar-refractivity contribution in [2.24, 2.45) is 0 Å². The smallest absolute Gasteiger partial charge is 0.0351 e. The summed E-state index contributed by atoms with van der Waals surface area (Å²) in [7, 11) is 0. The molecule has 0 amide bonds. The van der Waals surface area contributed by atoms with Gasteiger partial charge < -0.3 is 5.32 Å². The van der Waals surface area contributed by atoms with Gasteiger partial charge in [-0.15, -0.1) is 22.7 Å². The summed E-state index contributed by atoms with van der Waals surface area (Å²) in [5.74, 6) is 0. The van der Waals surface area contributed by atoms with Crippen molar-refractivity contribution < 1.29 is 0 Å². The van der Waals surface area contributed by atoms with Crippen LogP contribution in [0.2, 0.25) is 0 Å². The van der Waals surface area contributed by atoms with Crippen LogP contribution in [0, 0.1) is 0 Å². The van der Waals surface area contributed by atoms with Gasteiger partial charge in [-0.1, -0.05) is 6.07 Å². The van der Waals surface area contributed by atoms with E-state index in [1.165, 1.54) is 41.1 Å². The van der Waals surface area contributed by atoms with Crippen molar-refractivity contribution in [1.82, 2.24) is 5.32 Å². The molecular weight excluding hydrogens is 246 g/mol. The fourth-order valence-electron chi connectivity index (χ4n) is 2.54. The molecule has 0 aromatic carbocycles. The molecule has 1 nitrogen and oxygen atoms in total. The SMILES string of the molecule is CC1(Cc2cc(-c3cccs3)cs2)CCCN1. The monoisotopic (exact) mass is 263 g/mol. The van der Waals surface area contributed by atoms with E-state index in [0.717, 1.165) is 0 Å². The molecule has 0 saturated carbocycles. The van der Waals surface area contributed by atoms with Crippen LogP contribution in [-0.4, -0.2) is 12.1 Å². The predicted octanol–water partition coefficient (Wildman–Crippen LogP) is 4.16. The zero-order valence-electron chi connectivity index (χ0n) is 10.0. The molecule has 3 heteroatoms. The van der Waals surface area contributed by atoms with Crippen LogP contribution in [0.4, 0.5) is 0 Å². The van der Waals surface area contributed by atoms with Gasteiger partial charge in [0, 0.05) is 20.9 Å². The Kier molecular flexibility index (Phi) is 3.07. The Bertz CT molecular complexity index is 478. The summed E-state index contributed by atoms with van der Waals surface area (Å²) in [6, 6.07) is 6.69. The Morgan fingerprint density at radius 2 is 2.35 bits per heavy atom. The van der Waals surface area contributed by atoms with Gasteiger partial charge in [0.25, 0.3) is 0 Å². The van der Waals surface area contributed by atoms with E-state index in [2.05, 4.69) is 41.2 Å². The highest BCUT2D eigenvalue weighted by molar-refractivity contribution is 7.14. The molecule has 2 aromatic rings. The minimum absolute atomic E-state index is 0.331. The minimum Gasteiger partial charge on any atom is -0.311 e. The van der Waals surface area contributed by atoms with Crippen LogP contribution < -0.4 is 5.32 Å². The molecule has 3 rings (SSSR count). The van der Waals surface area contributed by atoms with Crippen LogP contribution in [0.1, 0.15) is 24.6 Å². The third kappa shape index (κ3) is 2.46. The van der Waals surface area contributed by atoms with Crippen LogP contribution in [0.5, 0.6) is 0 Å². The van der Waals surface area contributed by atoms with Crippen molar-refractivity contribution in [2.45, 2.75) is 31.7 Å². The Balaban J connectivity index is 1.77. The lowest BCUT2D eigenvalue weighted by atomic mass is 9.95. The van der Waals surface area contributed by atoms with Gasteiger partial charge in [-0.05, 0) is 55.6 Å². The highest BCUT2D eigenvalue weighted by atomic mass is 32.1. The third-order valence-corrected chi connectivity index (χ3v) is 5.34. The van der Waals surface area contributed by atoms with Crippen molar-refractivity contribution in [2.75, 3.05) is 6.54 Å². The molecule has 0 spiro atoms. The molecule has 90 valence electrons. The largest absolute Gasteiger partial charge is 0.311 e. The van der Waals surface area contributed by atoms with E-state index < -0.39 is 0 Å². The minimum atomic E-state index is 0.331. The molecule has 1 aliphatic rings. The molecule has 2 aromatic heterocycles. The highest BCUT2D eigenvalue weighted by Crippen LogP contribution is 2.32. The Labute approximate surface area is 111 Å². The maximum atomic E-state index is 3.63. The lowest BCUT2D eigenvalue weighted by Crippen LogP contribution is -2.38. The average molecular weight is 263 g/mol. The first-order chi connectivity index (χ1) is 8.25. The number of rotatable bonds is 3. The maximum absolute atomic E-state index is 3.63. The van der Waals surface area contributed by atoms with Gasteiger partial charge in [-0.25, -0.2) is 0 Å². The van der Waals surface area contributed by atoms with Crippen molar-refractivity contribution in [1.29, 1.82) is 0 Å². The lowest BCUT2D eigenvalue weighted by Gasteiger charge is -2.23. The van der Waals surface area contributed by atoms with Gasteiger partial charge in [-0.2, -0.15) is 0 Å². The fourth-order valence-corrected chi connectivity index (χ4v) is 4.40. The molecule has 1 fully saturated rings.